The number of hydrogen-bond donors (Lipinski definition) is 0. The van der Waals surface area contributed by atoms with Crippen molar-refractivity contribution < 1.29 is 4.74 Å². The van der Waals surface area contributed by atoms with Crippen molar-refractivity contribution in [3.8, 4) is 5.75 Å². The van der Waals surface area contributed by atoms with Crippen molar-refractivity contribution in [2.24, 2.45) is 12.0 Å². The summed E-state index contributed by atoms with van der Waals surface area (Å²) < 4.78 is 7.21. The first-order chi connectivity index (χ1) is 7.79. The summed E-state index contributed by atoms with van der Waals surface area (Å²) in [7, 11) is 3.64. The Morgan fingerprint density at radius 1 is 1.25 bits per heavy atom. The van der Waals surface area contributed by atoms with E-state index in [9.17, 15) is 0 Å². The highest BCUT2D eigenvalue weighted by molar-refractivity contribution is 5.82. The predicted octanol–water partition coefficient (Wildman–Crippen LogP) is 2.78. The minimum atomic E-state index is 0.787. The van der Waals surface area contributed by atoms with Gasteiger partial charge in [0.15, 0.2) is 0 Å². The minimum absolute atomic E-state index is 0.787. The number of rotatable bonds is 3. The van der Waals surface area contributed by atoms with Crippen LogP contribution >= 0.6 is 0 Å². The maximum Gasteiger partial charge on any atom is 0.144 e. The molecule has 0 unspecified atom stereocenters. The molecule has 0 saturated heterocycles. The molecular weight excluding hydrogens is 200 g/mol. The number of hydrogen-bond acceptors (Lipinski definition) is 2. The highest BCUT2D eigenvalue weighted by atomic mass is 16.5. The average Bonchev–Trinajstić information content (AvgIpc) is 2.73. The smallest absolute Gasteiger partial charge is 0.144 e. The molecule has 16 heavy (non-hydrogen) atoms. The largest absolute Gasteiger partial charge is 0.494 e. The van der Waals surface area contributed by atoms with E-state index in [1.807, 2.05) is 60.6 Å². The van der Waals surface area contributed by atoms with E-state index in [2.05, 4.69) is 4.99 Å². The zero-order chi connectivity index (χ0) is 11.4. The number of para-hydroxylation sites is 2. The van der Waals surface area contributed by atoms with E-state index < -0.39 is 0 Å². The van der Waals surface area contributed by atoms with Crippen molar-refractivity contribution in [2.75, 3.05) is 7.11 Å². The molecular formula is C13H14N2O. The molecule has 0 bridgehead atoms. The van der Waals surface area contributed by atoms with Gasteiger partial charge < -0.3 is 9.30 Å². The normalized spacial score (nSPS) is 10.9. The maximum atomic E-state index is 5.22. The lowest BCUT2D eigenvalue weighted by molar-refractivity contribution is 0.416. The van der Waals surface area contributed by atoms with Crippen molar-refractivity contribution in [1.29, 1.82) is 0 Å². The molecule has 0 aliphatic heterocycles. The lowest BCUT2D eigenvalue weighted by Gasteiger charge is -2.02. The van der Waals surface area contributed by atoms with Crippen molar-refractivity contribution in [3.05, 3.63) is 48.3 Å². The van der Waals surface area contributed by atoms with Crippen LogP contribution in [0.2, 0.25) is 0 Å². The van der Waals surface area contributed by atoms with E-state index >= 15 is 0 Å². The number of methoxy groups -OCH3 is 1. The van der Waals surface area contributed by atoms with Gasteiger partial charge in [0.05, 0.1) is 7.11 Å². The van der Waals surface area contributed by atoms with Crippen molar-refractivity contribution in [1.82, 2.24) is 4.57 Å². The van der Waals surface area contributed by atoms with Gasteiger partial charge in [-0.2, -0.15) is 0 Å². The molecule has 0 amide bonds. The van der Waals surface area contributed by atoms with Gasteiger partial charge in [0.25, 0.3) is 0 Å². The monoisotopic (exact) mass is 214 g/mol. The van der Waals surface area contributed by atoms with E-state index in [1.54, 1.807) is 7.11 Å². The Bertz CT molecular complexity index is 500. The fourth-order valence-electron chi connectivity index (χ4n) is 1.48. The van der Waals surface area contributed by atoms with E-state index in [4.69, 9.17) is 4.74 Å². The van der Waals surface area contributed by atoms with Crippen LogP contribution < -0.4 is 4.74 Å². The summed E-state index contributed by atoms with van der Waals surface area (Å²) >= 11 is 0. The summed E-state index contributed by atoms with van der Waals surface area (Å²) in [5.41, 5.74) is 1.92. The molecule has 0 aliphatic rings. The van der Waals surface area contributed by atoms with Gasteiger partial charge in [-0.15, -0.1) is 0 Å². The van der Waals surface area contributed by atoms with Crippen LogP contribution in [-0.4, -0.2) is 17.9 Å². The zero-order valence-electron chi connectivity index (χ0n) is 9.42. The van der Waals surface area contributed by atoms with Crippen LogP contribution in [0.15, 0.2) is 47.7 Å². The Balaban J connectivity index is 2.23. The molecule has 0 atom stereocenters. The van der Waals surface area contributed by atoms with Gasteiger partial charge in [-0.25, -0.2) is 0 Å². The van der Waals surface area contributed by atoms with Gasteiger partial charge in [0.1, 0.15) is 11.4 Å². The summed E-state index contributed by atoms with van der Waals surface area (Å²) in [4.78, 5) is 4.40. The summed E-state index contributed by atoms with van der Waals surface area (Å²) in [6.45, 7) is 0. The van der Waals surface area contributed by atoms with Gasteiger partial charge >= 0.3 is 0 Å². The number of benzene rings is 1. The second kappa shape index (κ2) is 4.66. The zero-order valence-corrected chi connectivity index (χ0v) is 9.42. The Labute approximate surface area is 95.0 Å². The third-order valence-corrected chi connectivity index (χ3v) is 2.29. The molecule has 2 rings (SSSR count). The fraction of sp³-hybridized carbons (Fsp3) is 0.154. The van der Waals surface area contributed by atoms with Gasteiger partial charge in [-0.3, -0.25) is 4.99 Å². The van der Waals surface area contributed by atoms with E-state index in [-0.39, 0.29) is 0 Å². The Morgan fingerprint density at radius 2 is 2.06 bits per heavy atom. The molecule has 0 spiro atoms. The second-order valence-corrected chi connectivity index (χ2v) is 3.54. The number of ether oxygens (including phenoxy) is 1. The van der Waals surface area contributed by atoms with Crippen LogP contribution in [0.1, 0.15) is 5.56 Å². The predicted molar refractivity (Wildman–Crippen MR) is 65.7 cm³/mol. The lowest BCUT2D eigenvalue weighted by Crippen LogP contribution is -1.83. The highest BCUT2D eigenvalue weighted by Gasteiger charge is 1.97. The molecule has 2 aromatic rings. The Hall–Kier alpha value is -2.03. The fourth-order valence-corrected chi connectivity index (χ4v) is 1.48. The van der Waals surface area contributed by atoms with Crippen LogP contribution in [0.5, 0.6) is 5.75 Å². The Morgan fingerprint density at radius 3 is 2.75 bits per heavy atom. The third-order valence-electron chi connectivity index (χ3n) is 2.29. The van der Waals surface area contributed by atoms with Crippen molar-refractivity contribution >= 4 is 11.9 Å². The Kier molecular flexibility index (Phi) is 3.05. The molecule has 1 heterocycles. The number of aromatic nitrogens is 1. The standard InChI is InChI=1S/C13H14N2O/c1-15-8-7-11(10-15)9-14-12-5-3-4-6-13(12)16-2/h3-10H,1-2H3. The first-order valence-corrected chi connectivity index (χ1v) is 5.08. The number of nitrogens with zero attached hydrogens (tertiary/aromatic N) is 2. The summed E-state index contributed by atoms with van der Waals surface area (Å²) in [5.74, 6) is 0.787. The molecule has 0 aliphatic carbocycles. The minimum Gasteiger partial charge on any atom is -0.494 e. The number of aliphatic imine (C=N–C) groups is 1. The topological polar surface area (TPSA) is 26.5 Å². The summed E-state index contributed by atoms with van der Waals surface area (Å²) in [6, 6.07) is 9.72. The van der Waals surface area contributed by atoms with E-state index in [1.165, 1.54) is 0 Å². The van der Waals surface area contributed by atoms with Crippen LogP contribution in [0.3, 0.4) is 0 Å². The molecule has 0 radical (unpaired) electrons. The van der Waals surface area contributed by atoms with Gasteiger partial charge in [0.2, 0.25) is 0 Å². The van der Waals surface area contributed by atoms with Crippen molar-refractivity contribution in [2.45, 2.75) is 0 Å². The second-order valence-electron chi connectivity index (χ2n) is 3.54. The quantitative estimate of drug-likeness (QED) is 0.721. The van der Waals surface area contributed by atoms with Gasteiger partial charge in [-0.1, -0.05) is 12.1 Å². The SMILES string of the molecule is COc1ccccc1N=Cc1ccn(C)c1. The van der Waals surface area contributed by atoms with Gasteiger partial charge in [0, 0.05) is 31.2 Å². The van der Waals surface area contributed by atoms with Gasteiger partial charge in [-0.05, 0) is 18.2 Å². The molecule has 3 nitrogen and oxygen atoms in total. The average molecular weight is 214 g/mol. The van der Waals surface area contributed by atoms with Crippen LogP contribution in [0, 0.1) is 0 Å². The number of aryl methyl sites for hydroxylation is 1. The summed E-state index contributed by atoms with van der Waals surface area (Å²) in [6.07, 6.45) is 5.83. The third kappa shape index (κ3) is 2.31. The first kappa shape index (κ1) is 10.5. The lowest BCUT2D eigenvalue weighted by atomic mass is 10.3. The highest BCUT2D eigenvalue weighted by Crippen LogP contribution is 2.25. The molecule has 3 heteroatoms. The molecule has 1 aromatic carbocycles. The maximum absolute atomic E-state index is 5.22. The van der Waals surface area contributed by atoms with E-state index in [0.29, 0.717) is 0 Å². The van der Waals surface area contributed by atoms with Crippen LogP contribution in [0.4, 0.5) is 5.69 Å². The van der Waals surface area contributed by atoms with E-state index in [0.717, 1.165) is 17.0 Å². The molecule has 0 fully saturated rings. The van der Waals surface area contributed by atoms with Crippen LogP contribution in [-0.2, 0) is 7.05 Å². The summed E-state index contributed by atoms with van der Waals surface area (Å²) in [5, 5.41) is 0. The molecule has 0 N–H and O–H groups in total. The molecule has 1 aromatic heterocycles. The first-order valence-electron chi connectivity index (χ1n) is 5.08. The van der Waals surface area contributed by atoms with Crippen molar-refractivity contribution in [3.63, 3.8) is 0 Å². The molecule has 82 valence electrons. The molecule has 0 saturated carbocycles. The van der Waals surface area contributed by atoms with Crippen LogP contribution in [0.25, 0.3) is 0 Å².